The smallest absolute Gasteiger partial charge is 0.0950 e. The molecular weight excluding hydrogens is 250 g/mol. The molecule has 1 heterocycles. The van der Waals surface area contributed by atoms with Gasteiger partial charge in [0.25, 0.3) is 0 Å². The molecule has 4 nitrogen and oxygen atoms in total. The number of aliphatic hydroxyl groups excluding tert-OH is 1. The number of imidazole rings is 1. The summed E-state index contributed by atoms with van der Waals surface area (Å²) in [6.45, 7) is 1.95. The van der Waals surface area contributed by atoms with Crippen LogP contribution in [-0.2, 0) is 13.0 Å². The molecular formula is C16H21N3O. The van der Waals surface area contributed by atoms with E-state index in [2.05, 4.69) is 27.6 Å². The van der Waals surface area contributed by atoms with Crippen molar-refractivity contribution in [1.29, 1.82) is 0 Å². The minimum atomic E-state index is -0.357. The molecule has 0 bridgehead atoms. The number of fused-ring (bicyclic) bond motifs is 1. The average Bonchev–Trinajstić information content (AvgIpc) is 3.08. The summed E-state index contributed by atoms with van der Waals surface area (Å²) in [7, 11) is 2.10. The van der Waals surface area contributed by atoms with Crippen molar-refractivity contribution in [2.75, 3.05) is 13.6 Å². The molecule has 0 fully saturated rings. The predicted molar refractivity (Wildman–Crippen MR) is 78.4 cm³/mol. The fraction of sp³-hybridized carbons (Fsp3) is 0.438. The molecule has 1 N–H and O–H groups in total. The van der Waals surface area contributed by atoms with E-state index in [-0.39, 0.29) is 12.1 Å². The van der Waals surface area contributed by atoms with Crippen molar-refractivity contribution in [2.45, 2.75) is 31.5 Å². The largest absolute Gasteiger partial charge is 0.387 e. The highest BCUT2D eigenvalue weighted by molar-refractivity contribution is 5.35. The number of aliphatic hydroxyl groups is 1. The first-order chi connectivity index (χ1) is 9.75. The van der Waals surface area contributed by atoms with Crippen LogP contribution in [0, 0.1) is 0 Å². The Morgan fingerprint density at radius 2 is 2.25 bits per heavy atom. The second-order valence-corrected chi connectivity index (χ2v) is 5.55. The molecule has 2 atom stereocenters. The first-order valence-electron chi connectivity index (χ1n) is 7.17. The molecule has 2 aromatic rings. The fourth-order valence-corrected chi connectivity index (χ4v) is 3.04. The second kappa shape index (κ2) is 5.77. The average molecular weight is 271 g/mol. The maximum atomic E-state index is 10.4. The zero-order chi connectivity index (χ0) is 13.9. The summed E-state index contributed by atoms with van der Waals surface area (Å²) in [4.78, 5) is 6.33. The molecule has 106 valence electrons. The normalized spacial score (nSPS) is 21.4. The molecule has 1 aromatic heterocycles. The van der Waals surface area contributed by atoms with E-state index in [1.165, 1.54) is 5.56 Å². The van der Waals surface area contributed by atoms with E-state index in [9.17, 15) is 5.11 Å². The molecule has 0 spiro atoms. The first kappa shape index (κ1) is 13.3. The summed E-state index contributed by atoms with van der Waals surface area (Å²) in [5.74, 6) is 0. The van der Waals surface area contributed by atoms with Crippen molar-refractivity contribution in [1.82, 2.24) is 14.5 Å². The van der Waals surface area contributed by atoms with Gasteiger partial charge in [-0.15, -0.1) is 0 Å². The number of hydrogen-bond donors (Lipinski definition) is 1. The molecule has 20 heavy (non-hydrogen) atoms. The second-order valence-electron chi connectivity index (χ2n) is 5.55. The van der Waals surface area contributed by atoms with E-state index in [1.54, 1.807) is 6.20 Å². The lowest BCUT2D eigenvalue weighted by Crippen LogP contribution is -2.36. The van der Waals surface area contributed by atoms with E-state index < -0.39 is 0 Å². The van der Waals surface area contributed by atoms with Gasteiger partial charge in [-0.3, -0.25) is 0 Å². The van der Waals surface area contributed by atoms with Crippen LogP contribution in [0.25, 0.3) is 0 Å². The summed E-state index contributed by atoms with van der Waals surface area (Å²) >= 11 is 0. The molecule has 0 aliphatic heterocycles. The molecule has 0 saturated carbocycles. The molecule has 0 radical (unpaired) electrons. The van der Waals surface area contributed by atoms with Crippen molar-refractivity contribution < 1.29 is 5.11 Å². The SMILES string of the molecule is CN(CCCn1ccnc1)C1Cc2ccccc2C1O. The first-order valence-corrected chi connectivity index (χ1v) is 7.17. The van der Waals surface area contributed by atoms with Crippen LogP contribution in [0.15, 0.2) is 43.0 Å². The van der Waals surface area contributed by atoms with Crippen molar-refractivity contribution in [3.05, 3.63) is 54.1 Å². The standard InChI is InChI=1S/C16H21N3O/c1-18(8-4-9-19-10-7-17-12-19)15-11-13-5-2-3-6-14(13)16(15)20/h2-3,5-7,10,12,15-16,20H,4,8-9,11H2,1H3. The van der Waals surface area contributed by atoms with E-state index in [0.29, 0.717) is 0 Å². The Bertz CT molecular complexity index is 553. The highest BCUT2D eigenvalue weighted by Gasteiger charge is 2.32. The van der Waals surface area contributed by atoms with Crippen LogP contribution in [0.4, 0.5) is 0 Å². The van der Waals surface area contributed by atoms with Gasteiger partial charge < -0.3 is 14.6 Å². The van der Waals surface area contributed by atoms with Crippen LogP contribution in [0.1, 0.15) is 23.7 Å². The minimum Gasteiger partial charge on any atom is -0.387 e. The van der Waals surface area contributed by atoms with Crippen LogP contribution in [0.5, 0.6) is 0 Å². The molecule has 1 aromatic carbocycles. The maximum Gasteiger partial charge on any atom is 0.0950 e. The molecule has 0 amide bonds. The summed E-state index contributed by atoms with van der Waals surface area (Å²) < 4.78 is 2.09. The third-order valence-corrected chi connectivity index (χ3v) is 4.22. The molecule has 0 saturated heterocycles. The van der Waals surface area contributed by atoms with Crippen molar-refractivity contribution in [3.63, 3.8) is 0 Å². The lowest BCUT2D eigenvalue weighted by atomic mass is 10.1. The van der Waals surface area contributed by atoms with Gasteiger partial charge >= 0.3 is 0 Å². The number of likely N-dealkylation sites (N-methyl/N-ethyl adjacent to an activating group) is 1. The van der Waals surface area contributed by atoms with Gasteiger partial charge in [-0.05, 0) is 37.6 Å². The van der Waals surface area contributed by atoms with Gasteiger partial charge in [0.15, 0.2) is 0 Å². The third-order valence-electron chi connectivity index (χ3n) is 4.22. The van der Waals surface area contributed by atoms with E-state index in [1.807, 2.05) is 30.7 Å². The van der Waals surface area contributed by atoms with E-state index in [4.69, 9.17) is 0 Å². The van der Waals surface area contributed by atoms with Gasteiger partial charge in [0.2, 0.25) is 0 Å². The summed E-state index contributed by atoms with van der Waals surface area (Å²) in [5, 5.41) is 10.4. The topological polar surface area (TPSA) is 41.3 Å². The molecule has 1 aliphatic carbocycles. The quantitative estimate of drug-likeness (QED) is 0.902. The Labute approximate surface area is 119 Å². The molecule has 3 rings (SSSR count). The zero-order valence-corrected chi connectivity index (χ0v) is 11.8. The Hall–Kier alpha value is -1.65. The van der Waals surface area contributed by atoms with Gasteiger partial charge in [-0.2, -0.15) is 0 Å². The highest BCUT2D eigenvalue weighted by atomic mass is 16.3. The lowest BCUT2D eigenvalue weighted by Gasteiger charge is -2.27. The van der Waals surface area contributed by atoms with Crippen molar-refractivity contribution >= 4 is 0 Å². The molecule has 4 heteroatoms. The number of nitrogens with zero attached hydrogens (tertiary/aromatic N) is 3. The van der Waals surface area contributed by atoms with Gasteiger partial charge in [-0.1, -0.05) is 24.3 Å². The van der Waals surface area contributed by atoms with Crippen LogP contribution >= 0.6 is 0 Å². The van der Waals surface area contributed by atoms with Crippen LogP contribution in [0.2, 0.25) is 0 Å². The van der Waals surface area contributed by atoms with Crippen molar-refractivity contribution in [3.8, 4) is 0 Å². The van der Waals surface area contributed by atoms with Crippen LogP contribution in [0.3, 0.4) is 0 Å². The monoisotopic (exact) mass is 271 g/mol. The van der Waals surface area contributed by atoms with Gasteiger partial charge in [0.05, 0.1) is 12.4 Å². The van der Waals surface area contributed by atoms with E-state index >= 15 is 0 Å². The van der Waals surface area contributed by atoms with Crippen molar-refractivity contribution in [2.24, 2.45) is 0 Å². The van der Waals surface area contributed by atoms with Gasteiger partial charge in [-0.25, -0.2) is 4.98 Å². The maximum absolute atomic E-state index is 10.4. The number of benzene rings is 1. The van der Waals surface area contributed by atoms with Crippen LogP contribution < -0.4 is 0 Å². The molecule has 1 aliphatic rings. The third kappa shape index (κ3) is 2.62. The lowest BCUT2D eigenvalue weighted by molar-refractivity contribution is 0.0748. The Morgan fingerprint density at radius 3 is 3.00 bits per heavy atom. The molecule has 2 unspecified atom stereocenters. The Morgan fingerprint density at radius 1 is 1.40 bits per heavy atom. The summed E-state index contributed by atoms with van der Waals surface area (Å²) in [6.07, 6.45) is 7.29. The van der Waals surface area contributed by atoms with Gasteiger partial charge in [0, 0.05) is 25.0 Å². The predicted octanol–water partition coefficient (Wildman–Crippen LogP) is 1.86. The van der Waals surface area contributed by atoms with Crippen LogP contribution in [-0.4, -0.2) is 39.2 Å². The number of rotatable bonds is 5. The summed E-state index contributed by atoms with van der Waals surface area (Å²) in [5.41, 5.74) is 2.38. The Balaban J connectivity index is 1.55. The zero-order valence-electron chi connectivity index (χ0n) is 11.8. The van der Waals surface area contributed by atoms with Gasteiger partial charge in [0.1, 0.15) is 0 Å². The number of aryl methyl sites for hydroxylation is 1. The van der Waals surface area contributed by atoms with E-state index in [0.717, 1.165) is 31.5 Å². The highest BCUT2D eigenvalue weighted by Crippen LogP contribution is 2.33. The fourth-order valence-electron chi connectivity index (χ4n) is 3.04. The Kier molecular flexibility index (Phi) is 3.85. The minimum absolute atomic E-state index is 0.204. The summed E-state index contributed by atoms with van der Waals surface area (Å²) in [6, 6.07) is 8.42. The number of aromatic nitrogens is 2. The number of hydrogen-bond acceptors (Lipinski definition) is 3.